The number of carbonyl (C=O) groups excluding carboxylic acids is 1. The van der Waals surface area contributed by atoms with E-state index in [1.807, 2.05) is 0 Å². The molecular formula is C19H14ClNO5S. The van der Waals surface area contributed by atoms with Crippen LogP contribution in [0.4, 0.5) is 5.69 Å². The van der Waals surface area contributed by atoms with Gasteiger partial charge < -0.3 is 10.4 Å². The van der Waals surface area contributed by atoms with Gasteiger partial charge in [0, 0.05) is 21.5 Å². The van der Waals surface area contributed by atoms with Gasteiger partial charge in [0.25, 0.3) is 0 Å². The summed E-state index contributed by atoms with van der Waals surface area (Å²) in [5.74, 6) is -2.57. The van der Waals surface area contributed by atoms with Gasteiger partial charge in [-0.05, 0) is 36.4 Å². The largest absolute Gasteiger partial charge is 0.478 e. The van der Waals surface area contributed by atoms with E-state index in [-0.39, 0.29) is 10.5 Å². The van der Waals surface area contributed by atoms with Gasteiger partial charge in [0.1, 0.15) is 5.75 Å². The molecule has 1 amide bonds. The van der Waals surface area contributed by atoms with Gasteiger partial charge in [0.2, 0.25) is 5.91 Å². The van der Waals surface area contributed by atoms with Gasteiger partial charge in [-0.15, -0.1) is 0 Å². The molecule has 0 bridgehead atoms. The van der Waals surface area contributed by atoms with E-state index in [9.17, 15) is 18.0 Å². The highest BCUT2D eigenvalue weighted by atomic mass is 35.5. The summed E-state index contributed by atoms with van der Waals surface area (Å²) in [7, 11) is -3.91. The number of nitrogens with one attached hydrogen (secondary N) is 1. The fourth-order valence-electron chi connectivity index (χ4n) is 2.65. The van der Waals surface area contributed by atoms with Gasteiger partial charge in [0.15, 0.2) is 9.84 Å². The fourth-order valence-corrected chi connectivity index (χ4v) is 4.24. The zero-order valence-electron chi connectivity index (χ0n) is 13.8. The third kappa shape index (κ3) is 4.10. The van der Waals surface area contributed by atoms with Crippen LogP contribution in [-0.2, 0) is 14.6 Å². The summed E-state index contributed by atoms with van der Waals surface area (Å²) in [5.41, 5.74) is 0.370. The second kappa shape index (κ2) is 7.38. The van der Waals surface area contributed by atoms with Crippen LogP contribution in [0, 0.1) is 0 Å². The Morgan fingerprint density at radius 2 is 1.56 bits per heavy atom. The number of rotatable bonds is 5. The van der Waals surface area contributed by atoms with Crippen LogP contribution in [0.1, 0.15) is 10.4 Å². The first-order chi connectivity index (χ1) is 12.8. The number of carboxylic acids is 1. The Balaban J connectivity index is 1.83. The molecule has 0 radical (unpaired) electrons. The van der Waals surface area contributed by atoms with E-state index in [1.54, 1.807) is 24.3 Å². The average molecular weight is 404 g/mol. The molecule has 0 aliphatic carbocycles. The minimum Gasteiger partial charge on any atom is -0.478 e. The van der Waals surface area contributed by atoms with E-state index >= 15 is 0 Å². The van der Waals surface area contributed by atoms with E-state index in [1.165, 1.54) is 36.4 Å². The summed E-state index contributed by atoms with van der Waals surface area (Å²) >= 11 is 6.11. The Morgan fingerprint density at radius 1 is 0.926 bits per heavy atom. The minimum atomic E-state index is -3.91. The molecule has 0 heterocycles. The van der Waals surface area contributed by atoms with Crippen molar-refractivity contribution in [2.45, 2.75) is 4.90 Å². The molecule has 0 fully saturated rings. The predicted octanol–water partition coefficient (Wildman–Crippen LogP) is 3.60. The van der Waals surface area contributed by atoms with Crippen LogP contribution in [0.3, 0.4) is 0 Å². The van der Waals surface area contributed by atoms with Gasteiger partial charge in [-0.1, -0.05) is 35.9 Å². The summed E-state index contributed by atoms with van der Waals surface area (Å²) < 4.78 is 25.4. The van der Waals surface area contributed by atoms with Crippen molar-refractivity contribution in [2.24, 2.45) is 0 Å². The number of anilines is 1. The lowest BCUT2D eigenvalue weighted by molar-refractivity contribution is -0.113. The molecule has 0 aliphatic rings. The van der Waals surface area contributed by atoms with Crippen LogP contribution >= 0.6 is 11.6 Å². The first-order valence-corrected chi connectivity index (χ1v) is 9.84. The number of sulfone groups is 1. The Bertz CT molecular complexity index is 1140. The number of hydrogen-bond acceptors (Lipinski definition) is 4. The van der Waals surface area contributed by atoms with Crippen molar-refractivity contribution in [3.63, 3.8) is 0 Å². The monoisotopic (exact) mass is 403 g/mol. The van der Waals surface area contributed by atoms with Crippen LogP contribution in [-0.4, -0.2) is 31.2 Å². The Labute approximate surface area is 160 Å². The fraction of sp³-hybridized carbons (Fsp3) is 0.0526. The zero-order chi connectivity index (χ0) is 19.6. The highest BCUT2D eigenvalue weighted by Crippen LogP contribution is 2.29. The maximum absolute atomic E-state index is 12.7. The number of hydrogen-bond donors (Lipinski definition) is 2. The smallest absolute Gasteiger partial charge is 0.335 e. The number of amides is 1. The van der Waals surface area contributed by atoms with Gasteiger partial charge in [-0.3, -0.25) is 4.79 Å². The first-order valence-electron chi connectivity index (χ1n) is 7.81. The van der Waals surface area contributed by atoms with Gasteiger partial charge in [0.05, 0.1) is 10.5 Å². The molecule has 138 valence electrons. The van der Waals surface area contributed by atoms with Gasteiger partial charge in [-0.2, -0.15) is 0 Å². The van der Waals surface area contributed by atoms with E-state index in [2.05, 4.69) is 5.32 Å². The minimum absolute atomic E-state index is 0.0267. The van der Waals surface area contributed by atoms with Crippen molar-refractivity contribution >= 4 is 49.8 Å². The molecule has 0 atom stereocenters. The predicted molar refractivity (Wildman–Crippen MR) is 103 cm³/mol. The topological polar surface area (TPSA) is 101 Å². The SMILES string of the molecule is O=C(CS(=O)(=O)c1ccc(Cl)c2ccccc12)Nc1ccc(C(=O)O)cc1. The molecule has 0 spiro atoms. The van der Waals surface area contributed by atoms with E-state index < -0.39 is 27.5 Å². The molecule has 0 unspecified atom stereocenters. The van der Waals surface area contributed by atoms with Gasteiger partial charge >= 0.3 is 5.97 Å². The molecule has 3 aromatic carbocycles. The normalized spacial score (nSPS) is 11.3. The van der Waals surface area contributed by atoms with Crippen molar-refractivity contribution < 1.29 is 23.1 Å². The van der Waals surface area contributed by atoms with Crippen molar-refractivity contribution in [3.05, 3.63) is 71.2 Å². The molecule has 3 aromatic rings. The highest BCUT2D eigenvalue weighted by Gasteiger charge is 2.22. The molecule has 0 saturated carbocycles. The van der Waals surface area contributed by atoms with Crippen LogP contribution in [0.15, 0.2) is 65.6 Å². The molecule has 3 rings (SSSR count). The Morgan fingerprint density at radius 3 is 2.19 bits per heavy atom. The molecule has 0 aliphatic heterocycles. The number of benzene rings is 3. The Hall–Kier alpha value is -2.90. The van der Waals surface area contributed by atoms with Crippen molar-refractivity contribution in [1.29, 1.82) is 0 Å². The lowest BCUT2D eigenvalue weighted by atomic mass is 10.1. The van der Waals surface area contributed by atoms with Crippen LogP contribution in [0.2, 0.25) is 5.02 Å². The van der Waals surface area contributed by atoms with Crippen LogP contribution in [0.25, 0.3) is 10.8 Å². The van der Waals surface area contributed by atoms with Gasteiger partial charge in [-0.25, -0.2) is 13.2 Å². The highest BCUT2D eigenvalue weighted by molar-refractivity contribution is 7.92. The second-order valence-corrected chi connectivity index (χ2v) is 8.15. The number of aromatic carboxylic acids is 1. The van der Waals surface area contributed by atoms with Crippen molar-refractivity contribution in [3.8, 4) is 0 Å². The molecule has 8 heteroatoms. The lowest BCUT2D eigenvalue weighted by Gasteiger charge is -2.10. The average Bonchev–Trinajstić information content (AvgIpc) is 2.62. The third-order valence-electron chi connectivity index (χ3n) is 3.90. The molecule has 0 saturated heterocycles. The quantitative estimate of drug-likeness (QED) is 0.677. The molecule has 2 N–H and O–H groups in total. The van der Waals surface area contributed by atoms with Crippen molar-refractivity contribution in [2.75, 3.05) is 11.1 Å². The number of halogens is 1. The number of carbonyl (C=O) groups is 2. The molecule has 0 aromatic heterocycles. The molecular weight excluding hydrogens is 390 g/mol. The summed E-state index contributed by atoms with van der Waals surface area (Å²) in [6, 6.07) is 15.1. The van der Waals surface area contributed by atoms with Crippen LogP contribution < -0.4 is 5.32 Å². The second-order valence-electron chi connectivity index (χ2n) is 5.78. The zero-order valence-corrected chi connectivity index (χ0v) is 15.4. The Kier molecular flexibility index (Phi) is 5.16. The maximum atomic E-state index is 12.7. The summed E-state index contributed by atoms with van der Waals surface area (Å²) in [6.07, 6.45) is 0. The molecule has 6 nitrogen and oxygen atoms in total. The lowest BCUT2D eigenvalue weighted by Crippen LogP contribution is -2.23. The van der Waals surface area contributed by atoms with E-state index in [0.717, 1.165) is 0 Å². The molecule has 27 heavy (non-hydrogen) atoms. The van der Waals surface area contributed by atoms with Crippen LogP contribution in [0.5, 0.6) is 0 Å². The number of fused-ring (bicyclic) bond motifs is 1. The van der Waals surface area contributed by atoms with Crippen molar-refractivity contribution in [1.82, 2.24) is 0 Å². The van der Waals surface area contributed by atoms with E-state index in [0.29, 0.717) is 21.5 Å². The summed E-state index contributed by atoms with van der Waals surface area (Å²) in [4.78, 5) is 23.1. The summed E-state index contributed by atoms with van der Waals surface area (Å²) in [6.45, 7) is 0. The number of carboxylic acid groups (broad SMARTS) is 1. The third-order valence-corrected chi connectivity index (χ3v) is 5.90. The first kappa shape index (κ1) is 18.9. The standard InChI is InChI=1S/C19H14ClNO5S/c20-16-9-10-17(15-4-2-1-3-14(15)16)27(25,26)11-18(22)21-13-7-5-12(6-8-13)19(23)24/h1-10H,11H2,(H,21,22)(H,23,24). The van der Waals surface area contributed by atoms with E-state index in [4.69, 9.17) is 16.7 Å². The maximum Gasteiger partial charge on any atom is 0.335 e. The summed E-state index contributed by atoms with van der Waals surface area (Å²) in [5, 5.41) is 12.8.